The van der Waals surface area contributed by atoms with Crippen LogP contribution in [0.4, 0.5) is 0 Å². The first-order chi connectivity index (χ1) is 14.2. The summed E-state index contributed by atoms with van der Waals surface area (Å²) in [5.74, 6) is 1.80. The van der Waals surface area contributed by atoms with Crippen LogP contribution in [0.25, 0.3) is 11.0 Å². The van der Waals surface area contributed by atoms with Crippen molar-refractivity contribution in [1.29, 1.82) is 0 Å². The van der Waals surface area contributed by atoms with Gasteiger partial charge in [0.15, 0.2) is 0 Å². The van der Waals surface area contributed by atoms with Crippen molar-refractivity contribution in [2.45, 2.75) is 51.1 Å². The molecule has 0 bridgehead atoms. The average Bonchev–Trinajstić information content (AvgIpc) is 3.06. The molecule has 0 radical (unpaired) electrons. The van der Waals surface area contributed by atoms with Crippen molar-refractivity contribution in [2.75, 3.05) is 20.1 Å². The number of aromatic nitrogens is 3. The van der Waals surface area contributed by atoms with Crippen LogP contribution in [0.15, 0.2) is 36.4 Å². The number of benzene rings is 1. The molecular weight excluding hydrogens is 358 g/mol. The summed E-state index contributed by atoms with van der Waals surface area (Å²) in [7, 11) is 2.24. The molecule has 1 aliphatic carbocycles. The smallest absolute Gasteiger partial charge is 0.115 e. The van der Waals surface area contributed by atoms with Crippen LogP contribution in [-0.4, -0.2) is 39.6 Å². The first kappa shape index (κ1) is 18.8. The molecule has 2 aromatic heterocycles. The quantitative estimate of drug-likeness (QED) is 0.739. The van der Waals surface area contributed by atoms with Gasteiger partial charge in [0, 0.05) is 31.2 Å². The summed E-state index contributed by atoms with van der Waals surface area (Å²) in [6.45, 7) is 3.41. The Morgan fingerprint density at radius 2 is 1.97 bits per heavy atom. The van der Waals surface area contributed by atoms with Crippen LogP contribution in [-0.2, 0) is 19.4 Å². The Hall–Kier alpha value is -2.24. The lowest BCUT2D eigenvalue weighted by molar-refractivity contribution is 0.195. The van der Waals surface area contributed by atoms with Gasteiger partial charge >= 0.3 is 0 Å². The summed E-state index contributed by atoms with van der Waals surface area (Å²) in [6.07, 6.45) is 6.65. The maximum Gasteiger partial charge on any atom is 0.115 e. The topological polar surface area (TPSA) is 60.0 Å². The van der Waals surface area contributed by atoms with Gasteiger partial charge < -0.3 is 15.2 Å². The summed E-state index contributed by atoms with van der Waals surface area (Å²) in [5, 5.41) is 0. The highest BCUT2D eigenvalue weighted by molar-refractivity contribution is 5.76. The van der Waals surface area contributed by atoms with Gasteiger partial charge in [0.05, 0.1) is 16.7 Å². The Bertz CT molecular complexity index is 1010. The summed E-state index contributed by atoms with van der Waals surface area (Å²) in [4.78, 5) is 12.4. The van der Waals surface area contributed by atoms with E-state index in [1.54, 1.807) is 0 Å². The number of pyridine rings is 1. The number of piperidine rings is 1. The molecule has 2 atom stereocenters. The molecule has 0 saturated carbocycles. The number of fused-ring (bicyclic) bond motifs is 2. The number of likely N-dealkylation sites (tertiary alicyclic amines) is 1. The van der Waals surface area contributed by atoms with E-state index in [0.717, 1.165) is 55.1 Å². The molecule has 2 N–H and O–H groups in total. The van der Waals surface area contributed by atoms with Crippen LogP contribution in [0.5, 0.6) is 0 Å². The van der Waals surface area contributed by atoms with Crippen molar-refractivity contribution < 1.29 is 0 Å². The maximum absolute atomic E-state index is 6.35. The van der Waals surface area contributed by atoms with Gasteiger partial charge in [-0.25, -0.2) is 4.98 Å². The average molecular weight is 390 g/mol. The highest BCUT2D eigenvalue weighted by Gasteiger charge is 2.22. The van der Waals surface area contributed by atoms with Crippen LogP contribution in [0.2, 0.25) is 0 Å². The van der Waals surface area contributed by atoms with E-state index >= 15 is 0 Å². The third-order valence-corrected chi connectivity index (χ3v) is 6.62. The monoisotopic (exact) mass is 389 g/mol. The first-order valence-corrected chi connectivity index (χ1v) is 11.0. The summed E-state index contributed by atoms with van der Waals surface area (Å²) >= 11 is 0. The van der Waals surface area contributed by atoms with E-state index in [2.05, 4.69) is 52.9 Å². The minimum Gasteiger partial charge on any atom is -0.327 e. The molecule has 152 valence electrons. The summed E-state index contributed by atoms with van der Waals surface area (Å²) < 4.78 is 2.44. The number of hydrogen-bond acceptors (Lipinski definition) is 4. The zero-order valence-electron chi connectivity index (χ0n) is 17.3. The fourth-order valence-electron chi connectivity index (χ4n) is 5.13. The Balaban J connectivity index is 1.47. The highest BCUT2D eigenvalue weighted by Crippen LogP contribution is 2.28. The number of nitrogens with zero attached hydrogens (tertiary/aromatic N) is 4. The van der Waals surface area contributed by atoms with Crippen molar-refractivity contribution in [3.8, 4) is 0 Å². The maximum atomic E-state index is 6.35. The van der Waals surface area contributed by atoms with Gasteiger partial charge in [-0.1, -0.05) is 18.2 Å². The van der Waals surface area contributed by atoms with Crippen LogP contribution in [0.1, 0.15) is 54.5 Å². The second-order valence-electron chi connectivity index (χ2n) is 8.92. The molecule has 0 amide bonds. The molecule has 1 saturated heterocycles. The largest absolute Gasteiger partial charge is 0.327 e. The van der Waals surface area contributed by atoms with E-state index in [1.165, 1.54) is 36.9 Å². The zero-order chi connectivity index (χ0) is 19.8. The fourth-order valence-corrected chi connectivity index (χ4v) is 5.13. The molecule has 1 aromatic carbocycles. The number of para-hydroxylation sites is 2. The second-order valence-corrected chi connectivity index (χ2v) is 8.92. The number of rotatable bonds is 4. The lowest BCUT2D eigenvalue weighted by Gasteiger charge is -2.30. The Labute approximate surface area is 172 Å². The molecule has 5 nitrogen and oxygen atoms in total. The van der Waals surface area contributed by atoms with E-state index in [4.69, 9.17) is 15.7 Å². The van der Waals surface area contributed by atoms with E-state index in [-0.39, 0.29) is 6.04 Å². The number of nitrogens with two attached hydrogens (primary N) is 1. The summed E-state index contributed by atoms with van der Waals surface area (Å²) in [5.41, 5.74) is 12.2. The SMILES string of the molecule is CN1CCCC(Cn2c(Cc3ccc4c(n3)C(N)CCC4)nc3ccccc32)C1. The number of aryl methyl sites for hydroxylation is 1. The Morgan fingerprint density at radius 1 is 1.07 bits per heavy atom. The molecule has 1 fully saturated rings. The van der Waals surface area contributed by atoms with Gasteiger partial charge in [-0.15, -0.1) is 0 Å². The van der Waals surface area contributed by atoms with Crippen molar-refractivity contribution in [3.63, 3.8) is 0 Å². The van der Waals surface area contributed by atoms with Gasteiger partial charge in [0.25, 0.3) is 0 Å². The third-order valence-electron chi connectivity index (χ3n) is 6.62. The van der Waals surface area contributed by atoms with Gasteiger partial charge in [0.1, 0.15) is 5.82 Å². The number of hydrogen-bond donors (Lipinski definition) is 1. The van der Waals surface area contributed by atoms with Crippen molar-refractivity contribution in [1.82, 2.24) is 19.4 Å². The van der Waals surface area contributed by atoms with Gasteiger partial charge in [-0.3, -0.25) is 4.98 Å². The molecule has 29 heavy (non-hydrogen) atoms. The molecule has 2 aliphatic rings. The minimum absolute atomic E-state index is 0.0790. The molecule has 1 aliphatic heterocycles. The number of imidazole rings is 1. The molecule has 2 unspecified atom stereocenters. The predicted molar refractivity (Wildman–Crippen MR) is 117 cm³/mol. The van der Waals surface area contributed by atoms with E-state index < -0.39 is 0 Å². The fraction of sp³-hybridized carbons (Fsp3) is 0.500. The minimum atomic E-state index is 0.0790. The molecule has 3 aromatic rings. The van der Waals surface area contributed by atoms with Gasteiger partial charge in [-0.05, 0) is 75.4 Å². The Kier molecular flexibility index (Phi) is 5.10. The third kappa shape index (κ3) is 3.81. The summed E-state index contributed by atoms with van der Waals surface area (Å²) in [6, 6.07) is 13.0. The van der Waals surface area contributed by atoms with Crippen LogP contribution in [0.3, 0.4) is 0 Å². The van der Waals surface area contributed by atoms with Crippen LogP contribution < -0.4 is 5.73 Å². The lowest BCUT2D eigenvalue weighted by atomic mass is 9.92. The predicted octanol–water partition coefficient (Wildman–Crippen LogP) is 3.70. The van der Waals surface area contributed by atoms with Crippen LogP contribution >= 0.6 is 0 Å². The standard InChI is InChI=1S/C24H31N5/c1-28-13-5-6-17(15-28)16-29-22-10-3-2-9-21(22)27-23(29)14-19-12-11-18-7-4-8-20(25)24(18)26-19/h2-3,9-12,17,20H,4-8,13-16,25H2,1H3. The molecule has 3 heterocycles. The Morgan fingerprint density at radius 3 is 2.86 bits per heavy atom. The van der Waals surface area contributed by atoms with Crippen LogP contribution in [0, 0.1) is 5.92 Å². The normalized spacial score (nSPS) is 22.7. The first-order valence-electron chi connectivity index (χ1n) is 11.0. The molecule has 5 heteroatoms. The van der Waals surface area contributed by atoms with Crippen molar-refractivity contribution in [2.24, 2.45) is 11.7 Å². The van der Waals surface area contributed by atoms with Crippen molar-refractivity contribution in [3.05, 3.63) is 59.2 Å². The molecule has 0 spiro atoms. The highest BCUT2D eigenvalue weighted by atomic mass is 15.1. The van der Waals surface area contributed by atoms with Crippen molar-refractivity contribution >= 4 is 11.0 Å². The van der Waals surface area contributed by atoms with E-state index in [9.17, 15) is 0 Å². The zero-order valence-corrected chi connectivity index (χ0v) is 17.3. The molecule has 5 rings (SSSR count). The van der Waals surface area contributed by atoms with Gasteiger partial charge in [-0.2, -0.15) is 0 Å². The van der Waals surface area contributed by atoms with E-state index in [0.29, 0.717) is 5.92 Å². The van der Waals surface area contributed by atoms with Gasteiger partial charge in [0.2, 0.25) is 0 Å². The van der Waals surface area contributed by atoms with E-state index in [1.807, 2.05) is 0 Å². The second kappa shape index (κ2) is 7.88. The molecular formula is C24H31N5. The lowest BCUT2D eigenvalue weighted by Crippen LogP contribution is -2.34.